The van der Waals surface area contributed by atoms with Crippen LogP contribution in [-0.4, -0.2) is 27.0 Å². The number of carbonyl (C=O) groups is 2. The van der Waals surface area contributed by atoms with Gasteiger partial charge in [-0.15, -0.1) is 11.6 Å². The van der Waals surface area contributed by atoms with Gasteiger partial charge >= 0.3 is 0 Å². The molecule has 0 saturated heterocycles. The van der Waals surface area contributed by atoms with E-state index in [4.69, 9.17) is 11.6 Å². The van der Waals surface area contributed by atoms with Crippen LogP contribution < -0.4 is 10.6 Å². The number of nitrogens with one attached hydrogen (secondary N) is 2. The summed E-state index contributed by atoms with van der Waals surface area (Å²) in [5.41, 5.74) is 3.43. The minimum Gasteiger partial charge on any atom is -0.325 e. The molecule has 1 aromatic carbocycles. The van der Waals surface area contributed by atoms with E-state index in [-0.39, 0.29) is 11.8 Å². The van der Waals surface area contributed by atoms with E-state index in [1.165, 1.54) is 0 Å². The number of benzene rings is 1. The Morgan fingerprint density at radius 3 is 2.65 bits per heavy atom. The first-order valence-electron chi connectivity index (χ1n) is 8.73. The standard InChI is InChI=1S/C19H25ClN4O2/c1-5-6-10-24-14(4)17(13(3)23-24)22-19(26)15-8-7-9-16(11-15)21-18(25)12(2)20/h7-9,11-12H,5-6,10H2,1-4H3,(H,21,25)(H,22,26). The van der Waals surface area contributed by atoms with E-state index in [1.54, 1.807) is 31.2 Å². The van der Waals surface area contributed by atoms with Crippen molar-refractivity contribution in [3.63, 3.8) is 0 Å². The van der Waals surface area contributed by atoms with E-state index < -0.39 is 5.38 Å². The summed E-state index contributed by atoms with van der Waals surface area (Å²) in [7, 11) is 0. The van der Waals surface area contributed by atoms with Gasteiger partial charge in [-0.1, -0.05) is 19.4 Å². The first-order valence-corrected chi connectivity index (χ1v) is 9.17. The highest BCUT2D eigenvalue weighted by Crippen LogP contribution is 2.21. The number of hydrogen-bond donors (Lipinski definition) is 2. The molecule has 0 fully saturated rings. The zero-order chi connectivity index (χ0) is 19.3. The molecule has 2 rings (SSSR count). The molecule has 0 aliphatic rings. The van der Waals surface area contributed by atoms with Crippen molar-refractivity contribution >= 4 is 34.8 Å². The van der Waals surface area contributed by atoms with Crippen LogP contribution in [0.3, 0.4) is 0 Å². The van der Waals surface area contributed by atoms with Crippen molar-refractivity contribution in [2.75, 3.05) is 10.6 Å². The SMILES string of the molecule is CCCCn1nc(C)c(NC(=O)c2cccc(NC(=O)C(C)Cl)c2)c1C. The number of halogens is 1. The van der Waals surface area contributed by atoms with Gasteiger partial charge in [-0.25, -0.2) is 0 Å². The van der Waals surface area contributed by atoms with E-state index in [0.717, 1.165) is 36.5 Å². The molecule has 6 nitrogen and oxygen atoms in total. The van der Waals surface area contributed by atoms with Gasteiger partial charge in [-0.3, -0.25) is 14.3 Å². The number of hydrogen-bond acceptors (Lipinski definition) is 3. The quantitative estimate of drug-likeness (QED) is 0.713. The third-order valence-corrected chi connectivity index (χ3v) is 4.30. The average molecular weight is 377 g/mol. The molecule has 0 aliphatic heterocycles. The van der Waals surface area contributed by atoms with Crippen molar-refractivity contribution in [1.29, 1.82) is 0 Å². The zero-order valence-corrected chi connectivity index (χ0v) is 16.4. The molecular formula is C19H25ClN4O2. The van der Waals surface area contributed by atoms with Gasteiger partial charge in [0.15, 0.2) is 0 Å². The van der Waals surface area contributed by atoms with Crippen LogP contribution in [-0.2, 0) is 11.3 Å². The Hall–Kier alpha value is -2.34. The Labute approximate surface area is 158 Å². The third-order valence-electron chi connectivity index (χ3n) is 4.10. The van der Waals surface area contributed by atoms with Crippen molar-refractivity contribution in [3.8, 4) is 0 Å². The van der Waals surface area contributed by atoms with Crippen LogP contribution in [0.25, 0.3) is 0 Å². The summed E-state index contributed by atoms with van der Waals surface area (Å²) in [5.74, 6) is -0.561. The molecule has 140 valence electrons. The van der Waals surface area contributed by atoms with Gasteiger partial charge in [-0.2, -0.15) is 5.10 Å². The van der Waals surface area contributed by atoms with Gasteiger partial charge in [0.05, 0.1) is 17.1 Å². The number of alkyl halides is 1. The highest BCUT2D eigenvalue weighted by Gasteiger charge is 2.16. The van der Waals surface area contributed by atoms with Gasteiger partial charge < -0.3 is 10.6 Å². The molecule has 1 unspecified atom stereocenters. The van der Waals surface area contributed by atoms with Crippen molar-refractivity contribution in [3.05, 3.63) is 41.2 Å². The molecule has 26 heavy (non-hydrogen) atoms. The summed E-state index contributed by atoms with van der Waals surface area (Å²) in [4.78, 5) is 24.3. The van der Waals surface area contributed by atoms with Crippen LogP contribution in [0, 0.1) is 13.8 Å². The summed E-state index contributed by atoms with van der Waals surface area (Å²) in [5, 5.41) is 9.47. The maximum Gasteiger partial charge on any atom is 0.255 e. The Bertz CT molecular complexity index is 799. The lowest BCUT2D eigenvalue weighted by Crippen LogP contribution is -2.20. The lowest BCUT2D eigenvalue weighted by Gasteiger charge is -2.10. The largest absolute Gasteiger partial charge is 0.325 e. The van der Waals surface area contributed by atoms with E-state index in [1.807, 2.05) is 18.5 Å². The first kappa shape index (κ1) is 20.0. The van der Waals surface area contributed by atoms with Crippen LogP contribution >= 0.6 is 11.6 Å². The molecule has 2 N–H and O–H groups in total. The highest BCUT2D eigenvalue weighted by atomic mass is 35.5. The fraction of sp³-hybridized carbons (Fsp3) is 0.421. The van der Waals surface area contributed by atoms with Crippen LogP contribution in [0.15, 0.2) is 24.3 Å². The van der Waals surface area contributed by atoms with E-state index >= 15 is 0 Å². The third kappa shape index (κ3) is 4.85. The molecule has 1 heterocycles. The Morgan fingerprint density at radius 1 is 1.27 bits per heavy atom. The minimum absolute atomic E-state index is 0.249. The summed E-state index contributed by atoms with van der Waals surface area (Å²) in [6.45, 7) is 8.38. The van der Waals surface area contributed by atoms with Gasteiger partial charge in [0.1, 0.15) is 5.38 Å². The van der Waals surface area contributed by atoms with E-state index in [9.17, 15) is 9.59 Å². The predicted molar refractivity (Wildman–Crippen MR) is 105 cm³/mol. The van der Waals surface area contributed by atoms with Crippen molar-refractivity contribution in [2.24, 2.45) is 0 Å². The second-order valence-corrected chi connectivity index (χ2v) is 6.92. The first-order chi connectivity index (χ1) is 12.3. The summed E-state index contributed by atoms with van der Waals surface area (Å²) in [6.07, 6.45) is 2.12. The Kier molecular flexibility index (Phi) is 6.80. The molecule has 0 radical (unpaired) electrons. The van der Waals surface area contributed by atoms with Crippen LogP contribution in [0.4, 0.5) is 11.4 Å². The monoisotopic (exact) mass is 376 g/mol. The van der Waals surface area contributed by atoms with Crippen LogP contribution in [0.5, 0.6) is 0 Å². The number of aromatic nitrogens is 2. The summed E-state index contributed by atoms with van der Waals surface area (Å²) < 4.78 is 1.92. The number of carbonyl (C=O) groups excluding carboxylic acids is 2. The second kappa shape index (κ2) is 8.85. The number of unbranched alkanes of at least 4 members (excludes halogenated alkanes) is 1. The lowest BCUT2D eigenvalue weighted by atomic mass is 10.1. The van der Waals surface area contributed by atoms with E-state index in [0.29, 0.717) is 11.3 Å². The Balaban J connectivity index is 2.15. The number of aryl methyl sites for hydroxylation is 2. The predicted octanol–water partition coefficient (Wildman–Crippen LogP) is 4.12. The smallest absolute Gasteiger partial charge is 0.255 e. The summed E-state index contributed by atoms with van der Waals surface area (Å²) >= 11 is 5.76. The number of amides is 2. The minimum atomic E-state index is -0.647. The summed E-state index contributed by atoms with van der Waals surface area (Å²) in [6, 6.07) is 6.75. The highest BCUT2D eigenvalue weighted by molar-refractivity contribution is 6.32. The molecule has 2 amide bonds. The number of anilines is 2. The van der Waals surface area contributed by atoms with Gasteiger partial charge in [0, 0.05) is 17.8 Å². The fourth-order valence-electron chi connectivity index (χ4n) is 2.57. The molecule has 1 atom stereocenters. The number of nitrogens with zero attached hydrogens (tertiary/aromatic N) is 2. The Morgan fingerprint density at radius 2 is 2.00 bits per heavy atom. The molecule has 0 spiro atoms. The second-order valence-electron chi connectivity index (χ2n) is 6.26. The molecule has 0 aliphatic carbocycles. The molecule has 0 bridgehead atoms. The normalized spacial score (nSPS) is 11.9. The van der Waals surface area contributed by atoms with E-state index in [2.05, 4.69) is 22.7 Å². The van der Waals surface area contributed by atoms with Gasteiger partial charge in [-0.05, 0) is 45.4 Å². The molecular weight excluding hydrogens is 352 g/mol. The number of rotatable bonds is 7. The lowest BCUT2D eigenvalue weighted by molar-refractivity contribution is -0.115. The fourth-order valence-corrected chi connectivity index (χ4v) is 2.62. The molecule has 2 aromatic rings. The van der Waals surface area contributed by atoms with Crippen molar-refractivity contribution in [1.82, 2.24) is 9.78 Å². The van der Waals surface area contributed by atoms with Gasteiger partial charge in [0.2, 0.25) is 5.91 Å². The van der Waals surface area contributed by atoms with Crippen molar-refractivity contribution in [2.45, 2.75) is 52.5 Å². The van der Waals surface area contributed by atoms with Crippen LogP contribution in [0.2, 0.25) is 0 Å². The van der Waals surface area contributed by atoms with Crippen molar-refractivity contribution < 1.29 is 9.59 Å². The molecule has 0 saturated carbocycles. The van der Waals surface area contributed by atoms with Crippen LogP contribution in [0.1, 0.15) is 48.4 Å². The van der Waals surface area contributed by atoms with Gasteiger partial charge in [0.25, 0.3) is 5.91 Å². The average Bonchev–Trinajstić information content (AvgIpc) is 2.87. The maximum absolute atomic E-state index is 12.6. The molecule has 7 heteroatoms. The topological polar surface area (TPSA) is 76.0 Å². The zero-order valence-electron chi connectivity index (χ0n) is 15.6. The molecule has 1 aromatic heterocycles. The maximum atomic E-state index is 12.6.